The summed E-state index contributed by atoms with van der Waals surface area (Å²) < 4.78 is 15.2. The lowest BCUT2D eigenvalue weighted by molar-refractivity contribution is -0.0244. The van der Waals surface area contributed by atoms with Crippen molar-refractivity contribution in [1.29, 1.82) is 0 Å². The van der Waals surface area contributed by atoms with Crippen molar-refractivity contribution >= 4 is 29.2 Å². The summed E-state index contributed by atoms with van der Waals surface area (Å²) in [6, 6.07) is 4.62. The molecule has 1 aromatic carbocycles. The lowest BCUT2D eigenvalue weighted by Gasteiger charge is -2.32. The first-order valence-electron chi connectivity index (χ1n) is 9.55. The van der Waals surface area contributed by atoms with Crippen molar-refractivity contribution in [2.75, 3.05) is 0 Å². The van der Waals surface area contributed by atoms with Gasteiger partial charge in [0.15, 0.2) is 0 Å². The first-order chi connectivity index (χ1) is 14.8. The van der Waals surface area contributed by atoms with E-state index >= 15 is 4.48 Å². The van der Waals surface area contributed by atoms with E-state index in [1.165, 1.54) is 12.1 Å². The van der Waals surface area contributed by atoms with Crippen LogP contribution in [-0.2, 0) is 0 Å². The maximum atomic E-state index is 15.2. The van der Waals surface area contributed by atoms with E-state index in [0.717, 1.165) is 0 Å². The molecular formula is C21H30FN9O. The Morgan fingerprint density at radius 3 is 1.72 bits per heavy atom. The summed E-state index contributed by atoms with van der Waals surface area (Å²) >= 11 is 0. The molecule has 0 atom stereocenters. The van der Waals surface area contributed by atoms with Crippen LogP contribution in [0.25, 0.3) is 0 Å². The molecular weight excluding hydrogens is 413 g/mol. The predicted octanol–water partition coefficient (Wildman–Crippen LogP) is 1.92. The van der Waals surface area contributed by atoms with Crippen molar-refractivity contribution in [3.8, 4) is 0 Å². The molecule has 0 unspecified atom stereocenters. The second-order valence-electron chi connectivity index (χ2n) is 7.39. The standard InChI is InChI=1S/C21H30FN9O/c1-7-8-12(2)21(5,6)31(22)18(32)17-10-15(13(3)27-29-19(23)24)9-16(11-17)14(4)28-30-20(25)26/h7-11H,2H2,1,3-6H3,(H4,23,24,29)(H4,25,26,30)/b8-7-,27-13-,28-14+. The van der Waals surface area contributed by atoms with E-state index in [4.69, 9.17) is 22.9 Å². The molecule has 11 heteroatoms. The Kier molecular flexibility index (Phi) is 8.82. The number of carbonyl (C=O) groups is 1. The van der Waals surface area contributed by atoms with E-state index in [0.29, 0.717) is 28.1 Å². The third-order valence-corrected chi connectivity index (χ3v) is 4.47. The highest BCUT2D eigenvalue weighted by Gasteiger charge is 2.34. The Morgan fingerprint density at radius 2 is 1.34 bits per heavy atom. The van der Waals surface area contributed by atoms with Crippen LogP contribution in [0.2, 0.25) is 0 Å². The predicted molar refractivity (Wildman–Crippen MR) is 128 cm³/mol. The quantitative estimate of drug-likeness (QED) is 0.158. The molecule has 172 valence electrons. The number of hydrogen-bond acceptors (Lipinski definition) is 5. The number of rotatable bonds is 8. The van der Waals surface area contributed by atoms with Gasteiger partial charge in [0, 0.05) is 5.56 Å². The van der Waals surface area contributed by atoms with Gasteiger partial charge in [0.05, 0.1) is 17.0 Å². The third-order valence-electron chi connectivity index (χ3n) is 4.47. The lowest BCUT2D eigenvalue weighted by Crippen LogP contribution is -2.43. The molecule has 1 amide bonds. The number of hydrogen-bond donors (Lipinski definition) is 4. The molecule has 0 bridgehead atoms. The number of nitrogens with two attached hydrogens (primary N) is 4. The van der Waals surface area contributed by atoms with Crippen LogP contribution < -0.4 is 22.9 Å². The van der Waals surface area contributed by atoms with Gasteiger partial charge in [-0.15, -0.1) is 10.2 Å². The Labute approximate surface area is 186 Å². The zero-order chi connectivity index (χ0) is 24.6. The van der Waals surface area contributed by atoms with Crippen LogP contribution in [0, 0.1) is 0 Å². The number of halogens is 1. The summed E-state index contributed by atoms with van der Waals surface area (Å²) in [4.78, 5) is 13.1. The number of benzene rings is 1. The fourth-order valence-corrected chi connectivity index (χ4v) is 2.45. The highest BCUT2D eigenvalue weighted by atomic mass is 19.2. The van der Waals surface area contributed by atoms with Crippen molar-refractivity contribution in [3.63, 3.8) is 0 Å². The Morgan fingerprint density at radius 1 is 0.938 bits per heavy atom. The molecule has 0 fully saturated rings. The van der Waals surface area contributed by atoms with Crippen molar-refractivity contribution in [1.82, 2.24) is 5.12 Å². The van der Waals surface area contributed by atoms with Gasteiger partial charge in [-0.05, 0) is 69.5 Å². The Balaban J connectivity index is 3.62. The van der Waals surface area contributed by atoms with Gasteiger partial charge in [-0.1, -0.05) is 23.2 Å². The molecule has 1 rings (SSSR count). The van der Waals surface area contributed by atoms with Crippen molar-refractivity contribution in [2.24, 2.45) is 43.3 Å². The van der Waals surface area contributed by atoms with E-state index in [-0.39, 0.29) is 22.6 Å². The molecule has 0 aliphatic rings. The average Bonchev–Trinajstić information content (AvgIpc) is 2.74. The van der Waals surface area contributed by atoms with Gasteiger partial charge in [0.1, 0.15) is 0 Å². The summed E-state index contributed by atoms with van der Waals surface area (Å²) in [7, 11) is 0. The molecule has 0 radical (unpaired) electrons. The number of nitrogens with zero attached hydrogens (tertiary/aromatic N) is 5. The Bertz CT molecular complexity index is 975. The molecule has 0 saturated heterocycles. The molecule has 0 aliphatic carbocycles. The summed E-state index contributed by atoms with van der Waals surface area (Å²) in [6.07, 6.45) is 3.36. The van der Waals surface area contributed by atoms with Gasteiger partial charge in [-0.3, -0.25) is 4.79 Å². The van der Waals surface area contributed by atoms with Gasteiger partial charge in [-0.25, -0.2) is 0 Å². The summed E-state index contributed by atoms with van der Waals surface area (Å²) in [5.41, 5.74) is 22.2. The van der Waals surface area contributed by atoms with Crippen molar-refractivity contribution < 1.29 is 9.28 Å². The van der Waals surface area contributed by atoms with Gasteiger partial charge < -0.3 is 22.9 Å². The molecule has 0 heterocycles. The minimum Gasteiger partial charge on any atom is -0.369 e. The average molecular weight is 444 g/mol. The van der Waals surface area contributed by atoms with Gasteiger partial charge >= 0.3 is 0 Å². The highest BCUT2D eigenvalue weighted by molar-refractivity contribution is 6.07. The van der Waals surface area contributed by atoms with Crippen LogP contribution in [0.15, 0.2) is 62.9 Å². The molecule has 10 nitrogen and oxygen atoms in total. The fraction of sp³-hybridized carbons (Fsp3) is 0.286. The normalized spacial score (nSPS) is 12.4. The van der Waals surface area contributed by atoms with Gasteiger partial charge in [0.25, 0.3) is 5.91 Å². The van der Waals surface area contributed by atoms with E-state index < -0.39 is 11.4 Å². The lowest BCUT2D eigenvalue weighted by atomic mass is 9.93. The molecule has 8 N–H and O–H groups in total. The topological polar surface area (TPSA) is 174 Å². The first kappa shape index (κ1) is 26.0. The minimum atomic E-state index is -1.29. The van der Waals surface area contributed by atoms with E-state index in [1.54, 1.807) is 52.8 Å². The maximum Gasteiger partial charge on any atom is 0.282 e. The van der Waals surface area contributed by atoms with Crippen molar-refractivity contribution in [2.45, 2.75) is 40.2 Å². The monoisotopic (exact) mass is 443 g/mol. The summed E-state index contributed by atoms with van der Waals surface area (Å²) in [5.74, 6) is -1.35. The number of carbonyl (C=O) groups excluding carboxylic acids is 1. The van der Waals surface area contributed by atoms with Crippen LogP contribution in [0.5, 0.6) is 0 Å². The maximum absolute atomic E-state index is 15.2. The van der Waals surface area contributed by atoms with Crippen molar-refractivity contribution in [3.05, 3.63) is 59.2 Å². The molecule has 0 aromatic heterocycles. The minimum absolute atomic E-state index is 0.0415. The SMILES string of the molecule is C=C(/C=C\C)C(C)(C)N(F)C(=O)c1cc(/C(C)=N\N=C(N)N)cc(/C(C)=N/N=C(N)N)c1. The van der Waals surface area contributed by atoms with Gasteiger partial charge in [0.2, 0.25) is 11.9 Å². The Hall–Kier alpha value is -4.02. The van der Waals surface area contributed by atoms with E-state index in [2.05, 4.69) is 27.0 Å². The molecule has 0 spiro atoms. The van der Waals surface area contributed by atoms with Crippen LogP contribution >= 0.6 is 0 Å². The van der Waals surface area contributed by atoms with Crippen LogP contribution in [0.3, 0.4) is 0 Å². The van der Waals surface area contributed by atoms with Crippen LogP contribution in [0.1, 0.15) is 56.1 Å². The zero-order valence-electron chi connectivity index (χ0n) is 18.9. The zero-order valence-corrected chi connectivity index (χ0v) is 18.9. The highest BCUT2D eigenvalue weighted by Crippen LogP contribution is 2.27. The fourth-order valence-electron chi connectivity index (χ4n) is 2.45. The molecule has 0 aliphatic heterocycles. The van der Waals surface area contributed by atoms with Crippen LogP contribution in [0.4, 0.5) is 4.48 Å². The summed E-state index contributed by atoms with van der Waals surface area (Å²) in [6.45, 7) is 12.0. The second-order valence-corrected chi connectivity index (χ2v) is 7.39. The number of amides is 1. The van der Waals surface area contributed by atoms with E-state index in [1.807, 2.05) is 0 Å². The third kappa shape index (κ3) is 6.76. The van der Waals surface area contributed by atoms with Crippen LogP contribution in [-0.4, -0.2) is 39.9 Å². The van der Waals surface area contributed by atoms with Gasteiger partial charge in [-0.2, -0.15) is 15.3 Å². The largest absolute Gasteiger partial charge is 0.369 e. The van der Waals surface area contributed by atoms with E-state index in [9.17, 15) is 4.79 Å². The smallest absolute Gasteiger partial charge is 0.282 e. The molecule has 1 aromatic rings. The second kappa shape index (κ2) is 10.8. The number of guanidine groups is 2. The number of allylic oxidation sites excluding steroid dienone is 1. The summed E-state index contributed by atoms with van der Waals surface area (Å²) in [5, 5.41) is 15.2. The molecule has 32 heavy (non-hydrogen) atoms. The first-order valence-corrected chi connectivity index (χ1v) is 9.55. The molecule has 0 saturated carbocycles.